The second kappa shape index (κ2) is 7.98. The molecule has 2 amide bonds. The molecular weight excluding hydrogens is 372 g/mol. The van der Waals surface area contributed by atoms with Crippen molar-refractivity contribution in [2.75, 3.05) is 6.54 Å². The summed E-state index contributed by atoms with van der Waals surface area (Å²) in [6, 6.07) is 11.1. The molecule has 0 aliphatic carbocycles. The van der Waals surface area contributed by atoms with Gasteiger partial charge in [-0.3, -0.25) is 9.59 Å². The van der Waals surface area contributed by atoms with Crippen molar-refractivity contribution in [1.82, 2.24) is 19.8 Å². The zero-order chi connectivity index (χ0) is 19.5. The van der Waals surface area contributed by atoms with Crippen LogP contribution in [0.1, 0.15) is 41.0 Å². The highest BCUT2D eigenvalue weighted by Crippen LogP contribution is 2.23. The third kappa shape index (κ3) is 3.71. The van der Waals surface area contributed by atoms with Crippen LogP contribution in [0.25, 0.3) is 5.69 Å². The average molecular weight is 395 g/mol. The van der Waals surface area contributed by atoms with Gasteiger partial charge in [0.2, 0.25) is 5.91 Å². The molecule has 28 heavy (non-hydrogen) atoms. The summed E-state index contributed by atoms with van der Waals surface area (Å²) < 4.78 is 1.93. The fraction of sp³-hybridized carbons (Fsp3) is 0.286. The minimum Gasteiger partial charge on any atom is -0.348 e. The fourth-order valence-electron chi connectivity index (χ4n) is 3.56. The Labute approximate surface area is 167 Å². The molecule has 6 nitrogen and oxygen atoms in total. The van der Waals surface area contributed by atoms with E-state index in [0.717, 1.165) is 17.7 Å². The van der Waals surface area contributed by atoms with Crippen molar-refractivity contribution in [3.8, 4) is 5.69 Å². The van der Waals surface area contributed by atoms with Gasteiger partial charge in [0.15, 0.2) is 0 Å². The number of benzene rings is 1. The first-order chi connectivity index (χ1) is 13.6. The first-order valence-electron chi connectivity index (χ1n) is 9.36. The topological polar surface area (TPSA) is 67.2 Å². The van der Waals surface area contributed by atoms with Crippen LogP contribution < -0.4 is 5.32 Å². The van der Waals surface area contributed by atoms with Crippen LogP contribution in [0.4, 0.5) is 0 Å². The summed E-state index contributed by atoms with van der Waals surface area (Å²) in [6.07, 6.45) is 6.93. The Hall–Kier alpha value is -2.93. The number of nitrogens with one attached hydrogen (secondary N) is 1. The first-order valence-corrected chi connectivity index (χ1v) is 10.2. The lowest BCUT2D eigenvalue weighted by atomic mass is 10.1. The van der Waals surface area contributed by atoms with E-state index in [1.54, 1.807) is 17.4 Å². The summed E-state index contributed by atoms with van der Waals surface area (Å²) in [4.78, 5) is 32.0. The number of likely N-dealkylation sites (tertiary alicyclic amines) is 1. The number of imidazole rings is 1. The summed E-state index contributed by atoms with van der Waals surface area (Å²) >= 11 is 1.41. The van der Waals surface area contributed by atoms with E-state index >= 15 is 0 Å². The molecule has 1 aromatic carbocycles. The molecule has 1 saturated heterocycles. The predicted molar refractivity (Wildman–Crippen MR) is 108 cm³/mol. The van der Waals surface area contributed by atoms with Gasteiger partial charge in [-0.1, -0.05) is 18.2 Å². The third-order valence-corrected chi connectivity index (χ3v) is 5.96. The van der Waals surface area contributed by atoms with Gasteiger partial charge in [0, 0.05) is 24.6 Å². The molecule has 3 heterocycles. The van der Waals surface area contributed by atoms with E-state index in [-0.39, 0.29) is 17.9 Å². The van der Waals surface area contributed by atoms with Crippen LogP contribution in [0, 0.1) is 0 Å². The number of hydrogen-bond donors (Lipinski definition) is 1. The number of aromatic nitrogens is 2. The van der Waals surface area contributed by atoms with E-state index in [2.05, 4.69) is 10.3 Å². The van der Waals surface area contributed by atoms with Gasteiger partial charge in [0.1, 0.15) is 6.04 Å². The minimum absolute atomic E-state index is 0.0509. The second-order valence-corrected chi connectivity index (χ2v) is 7.87. The summed E-state index contributed by atoms with van der Waals surface area (Å²) in [5.41, 5.74) is 2.04. The van der Waals surface area contributed by atoms with Gasteiger partial charge in [-0.15, -0.1) is 11.3 Å². The molecule has 0 spiro atoms. The van der Waals surface area contributed by atoms with Crippen molar-refractivity contribution in [2.45, 2.75) is 31.8 Å². The first kappa shape index (κ1) is 18.4. The molecule has 144 valence electrons. The van der Waals surface area contributed by atoms with E-state index in [4.69, 9.17) is 0 Å². The number of thiophene rings is 1. The van der Waals surface area contributed by atoms with Crippen molar-refractivity contribution in [2.24, 2.45) is 0 Å². The molecule has 3 aromatic rings. The summed E-state index contributed by atoms with van der Waals surface area (Å²) in [6.45, 7) is 2.59. The molecule has 0 bridgehead atoms. The van der Waals surface area contributed by atoms with Crippen LogP contribution in [0.2, 0.25) is 0 Å². The van der Waals surface area contributed by atoms with E-state index in [9.17, 15) is 9.59 Å². The fourth-order valence-corrected chi connectivity index (χ4v) is 4.24. The van der Waals surface area contributed by atoms with Gasteiger partial charge in [0.05, 0.1) is 17.2 Å². The molecule has 2 atom stereocenters. The van der Waals surface area contributed by atoms with Gasteiger partial charge < -0.3 is 14.8 Å². The van der Waals surface area contributed by atoms with Gasteiger partial charge in [0.25, 0.3) is 5.91 Å². The van der Waals surface area contributed by atoms with E-state index < -0.39 is 6.04 Å². The smallest absolute Gasteiger partial charge is 0.264 e. The zero-order valence-corrected chi connectivity index (χ0v) is 16.4. The molecule has 0 radical (unpaired) electrons. The molecular formula is C21H22N4O2S. The van der Waals surface area contributed by atoms with Crippen molar-refractivity contribution in [3.63, 3.8) is 0 Å². The van der Waals surface area contributed by atoms with Gasteiger partial charge in [-0.25, -0.2) is 4.98 Å². The maximum atomic E-state index is 12.9. The lowest BCUT2D eigenvalue weighted by molar-refractivity contribution is -0.125. The number of rotatable bonds is 5. The molecule has 1 aliphatic rings. The molecule has 2 aromatic heterocycles. The van der Waals surface area contributed by atoms with Crippen LogP contribution in [0.5, 0.6) is 0 Å². The number of carbonyl (C=O) groups excluding carboxylic acids is 2. The SMILES string of the molecule is C[C@H](NC(=O)[C@H]1CCCN1C(=O)c1cccs1)c1ccc(-n2ccnc2)cc1. The van der Waals surface area contributed by atoms with Crippen LogP contribution >= 0.6 is 11.3 Å². The number of nitrogens with zero attached hydrogens (tertiary/aromatic N) is 3. The Balaban J connectivity index is 1.41. The molecule has 0 saturated carbocycles. The molecule has 4 rings (SSSR count). The zero-order valence-electron chi connectivity index (χ0n) is 15.6. The van der Waals surface area contributed by atoms with Gasteiger partial charge in [-0.05, 0) is 48.9 Å². The van der Waals surface area contributed by atoms with Crippen molar-refractivity contribution in [1.29, 1.82) is 0 Å². The van der Waals surface area contributed by atoms with Crippen molar-refractivity contribution >= 4 is 23.2 Å². The van der Waals surface area contributed by atoms with Crippen molar-refractivity contribution in [3.05, 3.63) is 70.9 Å². The Kier molecular flexibility index (Phi) is 5.25. The largest absolute Gasteiger partial charge is 0.348 e. The average Bonchev–Trinajstić information content (AvgIpc) is 3.50. The molecule has 1 N–H and O–H groups in total. The standard InChI is InChI=1S/C21H22N4O2S/c1-15(16-6-8-17(9-7-16)24-12-10-22-14-24)23-20(26)18-4-2-11-25(18)21(27)19-5-3-13-28-19/h3,5-10,12-15,18H,2,4,11H2,1H3,(H,23,26)/t15-,18+/m0/s1. The highest BCUT2D eigenvalue weighted by Gasteiger charge is 2.35. The summed E-state index contributed by atoms with van der Waals surface area (Å²) in [5.74, 6) is -0.140. The predicted octanol–water partition coefficient (Wildman–Crippen LogP) is 3.42. The normalized spacial score (nSPS) is 17.5. The van der Waals surface area contributed by atoms with E-state index in [1.807, 2.05) is 59.5 Å². The molecule has 1 aliphatic heterocycles. The van der Waals surface area contributed by atoms with Gasteiger partial charge in [-0.2, -0.15) is 0 Å². The lowest BCUT2D eigenvalue weighted by Gasteiger charge is -2.25. The lowest BCUT2D eigenvalue weighted by Crippen LogP contribution is -2.46. The summed E-state index contributed by atoms with van der Waals surface area (Å²) in [7, 11) is 0. The number of carbonyl (C=O) groups is 2. The Morgan fingerprint density at radius 3 is 2.75 bits per heavy atom. The Morgan fingerprint density at radius 2 is 2.07 bits per heavy atom. The van der Waals surface area contributed by atoms with E-state index in [1.165, 1.54) is 11.3 Å². The van der Waals surface area contributed by atoms with E-state index in [0.29, 0.717) is 17.8 Å². The Morgan fingerprint density at radius 1 is 1.25 bits per heavy atom. The maximum absolute atomic E-state index is 12.9. The van der Waals surface area contributed by atoms with Crippen LogP contribution in [-0.4, -0.2) is 38.9 Å². The van der Waals surface area contributed by atoms with Crippen LogP contribution in [-0.2, 0) is 4.79 Å². The quantitative estimate of drug-likeness (QED) is 0.721. The Bertz CT molecular complexity index is 935. The second-order valence-electron chi connectivity index (χ2n) is 6.93. The molecule has 0 unspecified atom stereocenters. The summed E-state index contributed by atoms with van der Waals surface area (Å²) in [5, 5.41) is 4.96. The van der Waals surface area contributed by atoms with Crippen LogP contribution in [0.3, 0.4) is 0 Å². The number of hydrogen-bond acceptors (Lipinski definition) is 4. The molecule has 7 heteroatoms. The minimum atomic E-state index is -0.401. The highest BCUT2D eigenvalue weighted by atomic mass is 32.1. The highest BCUT2D eigenvalue weighted by molar-refractivity contribution is 7.12. The number of amides is 2. The monoisotopic (exact) mass is 394 g/mol. The van der Waals surface area contributed by atoms with Crippen molar-refractivity contribution < 1.29 is 9.59 Å². The third-order valence-electron chi connectivity index (χ3n) is 5.10. The maximum Gasteiger partial charge on any atom is 0.264 e. The molecule has 1 fully saturated rings. The van der Waals surface area contributed by atoms with Crippen LogP contribution in [0.15, 0.2) is 60.5 Å². The van der Waals surface area contributed by atoms with Gasteiger partial charge >= 0.3 is 0 Å².